The summed E-state index contributed by atoms with van der Waals surface area (Å²) in [6.45, 7) is 2.52. The van der Waals surface area contributed by atoms with Gasteiger partial charge in [-0.2, -0.15) is 13.2 Å². The topological polar surface area (TPSA) is 47.6 Å². The molecule has 1 fully saturated rings. The molecule has 0 aliphatic carbocycles. The molecule has 122 valence electrons. The van der Waals surface area contributed by atoms with Gasteiger partial charge in [-0.15, -0.1) is 0 Å². The maximum absolute atomic E-state index is 13.0. The van der Waals surface area contributed by atoms with Crippen LogP contribution in [0.5, 0.6) is 0 Å². The van der Waals surface area contributed by atoms with Crippen LogP contribution in [0, 0.1) is 0 Å². The van der Waals surface area contributed by atoms with Gasteiger partial charge >= 0.3 is 6.18 Å². The Bertz CT molecular complexity index is 557. The minimum Gasteiger partial charge on any atom is -0.348 e. The molecule has 1 N–H and O–H groups in total. The van der Waals surface area contributed by atoms with E-state index >= 15 is 0 Å². The van der Waals surface area contributed by atoms with Crippen molar-refractivity contribution < 1.29 is 27.4 Å². The number of nitrogens with one attached hydrogen (secondary N) is 1. The Kier molecular flexibility index (Phi) is 4.99. The van der Waals surface area contributed by atoms with Gasteiger partial charge < -0.3 is 14.8 Å². The summed E-state index contributed by atoms with van der Waals surface area (Å²) in [4.78, 5) is 12.0. The van der Waals surface area contributed by atoms with Crippen LogP contribution in [-0.4, -0.2) is 31.5 Å². The maximum atomic E-state index is 13.0. The van der Waals surface area contributed by atoms with Gasteiger partial charge in [0.25, 0.3) is 5.91 Å². The Balaban J connectivity index is 2.13. The third kappa shape index (κ3) is 4.12. The third-order valence-corrected chi connectivity index (χ3v) is 3.44. The van der Waals surface area contributed by atoms with E-state index < -0.39 is 29.0 Å². The van der Waals surface area contributed by atoms with E-state index in [-0.39, 0.29) is 11.6 Å². The number of rotatable bonds is 3. The molecule has 0 saturated carbocycles. The molecule has 0 spiro atoms. The number of carbonyl (C=O) groups is 1. The van der Waals surface area contributed by atoms with Gasteiger partial charge in [0, 0.05) is 5.02 Å². The molecular formula is C14H15ClF3NO3. The second-order valence-corrected chi connectivity index (χ2v) is 5.49. The standard InChI is InChI=1S/C14H15ClF3NO3/c1-13(21-5-2-6-22-13)8-19-12(20)10-4-3-9(15)7-11(10)14(16,17)18/h3-4,7H,2,5-6,8H2,1H3,(H,19,20). The molecule has 1 aromatic carbocycles. The summed E-state index contributed by atoms with van der Waals surface area (Å²) in [5.41, 5.74) is -1.57. The van der Waals surface area contributed by atoms with Crippen LogP contribution in [0.2, 0.25) is 5.02 Å². The second kappa shape index (κ2) is 6.44. The van der Waals surface area contributed by atoms with E-state index in [2.05, 4.69) is 5.32 Å². The zero-order chi connectivity index (χ0) is 16.4. The number of ether oxygens (including phenoxy) is 2. The smallest absolute Gasteiger partial charge is 0.348 e. The summed E-state index contributed by atoms with van der Waals surface area (Å²) in [6, 6.07) is 3.01. The Labute approximate surface area is 130 Å². The van der Waals surface area contributed by atoms with Crippen LogP contribution >= 0.6 is 11.6 Å². The summed E-state index contributed by atoms with van der Waals surface area (Å²) in [5.74, 6) is -1.89. The van der Waals surface area contributed by atoms with Gasteiger partial charge in [-0.1, -0.05) is 11.6 Å². The lowest BCUT2D eigenvalue weighted by Crippen LogP contribution is -2.47. The average Bonchev–Trinajstić information content (AvgIpc) is 2.45. The average molecular weight is 338 g/mol. The minimum absolute atomic E-state index is 0.0498. The summed E-state index contributed by atoms with van der Waals surface area (Å²) < 4.78 is 49.7. The second-order valence-electron chi connectivity index (χ2n) is 5.05. The van der Waals surface area contributed by atoms with Crippen molar-refractivity contribution in [2.24, 2.45) is 0 Å². The molecule has 1 aliphatic heterocycles. The number of hydrogen-bond donors (Lipinski definition) is 1. The minimum atomic E-state index is -4.67. The highest BCUT2D eigenvalue weighted by Gasteiger charge is 2.36. The molecule has 0 radical (unpaired) electrons. The normalized spacial score (nSPS) is 18.0. The monoisotopic (exact) mass is 337 g/mol. The van der Waals surface area contributed by atoms with Gasteiger partial charge in [0.1, 0.15) is 0 Å². The van der Waals surface area contributed by atoms with Crippen molar-refractivity contribution in [3.8, 4) is 0 Å². The summed E-state index contributed by atoms with van der Waals surface area (Å²) in [7, 11) is 0. The number of hydrogen-bond acceptors (Lipinski definition) is 3. The predicted octanol–water partition coefficient (Wildman–Crippen LogP) is 3.24. The van der Waals surface area contributed by atoms with E-state index in [9.17, 15) is 18.0 Å². The molecule has 8 heteroatoms. The lowest BCUT2D eigenvalue weighted by Gasteiger charge is -2.34. The van der Waals surface area contributed by atoms with Crippen LogP contribution in [0.1, 0.15) is 29.3 Å². The molecule has 1 heterocycles. The van der Waals surface area contributed by atoms with Gasteiger partial charge in [0.05, 0.1) is 30.9 Å². The SMILES string of the molecule is CC1(CNC(=O)c2ccc(Cl)cc2C(F)(F)F)OCCCO1. The molecule has 0 aromatic heterocycles. The first-order valence-corrected chi connectivity index (χ1v) is 7.02. The van der Waals surface area contributed by atoms with Gasteiger partial charge in [-0.05, 0) is 31.5 Å². The summed E-state index contributed by atoms with van der Waals surface area (Å²) in [5, 5.41) is 2.32. The lowest BCUT2D eigenvalue weighted by atomic mass is 10.1. The highest BCUT2D eigenvalue weighted by molar-refractivity contribution is 6.30. The molecule has 1 aromatic rings. The number of amides is 1. The fourth-order valence-electron chi connectivity index (χ4n) is 2.06. The Morgan fingerprint density at radius 2 is 2.00 bits per heavy atom. The largest absolute Gasteiger partial charge is 0.417 e. The molecule has 0 bridgehead atoms. The van der Waals surface area contributed by atoms with E-state index in [4.69, 9.17) is 21.1 Å². The molecule has 0 atom stereocenters. The van der Waals surface area contributed by atoms with Crippen molar-refractivity contribution in [1.82, 2.24) is 5.32 Å². The zero-order valence-corrected chi connectivity index (χ0v) is 12.6. The highest BCUT2D eigenvalue weighted by Crippen LogP contribution is 2.33. The summed E-state index contributed by atoms with van der Waals surface area (Å²) >= 11 is 5.58. The van der Waals surface area contributed by atoms with E-state index in [0.29, 0.717) is 13.2 Å². The maximum Gasteiger partial charge on any atom is 0.417 e. The highest BCUT2D eigenvalue weighted by atomic mass is 35.5. The van der Waals surface area contributed by atoms with Gasteiger partial charge in [0.15, 0.2) is 5.79 Å². The van der Waals surface area contributed by atoms with Crippen molar-refractivity contribution in [2.75, 3.05) is 19.8 Å². The van der Waals surface area contributed by atoms with Crippen molar-refractivity contribution in [2.45, 2.75) is 25.3 Å². The van der Waals surface area contributed by atoms with Crippen LogP contribution in [0.25, 0.3) is 0 Å². The fraction of sp³-hybridized carbons (Fsp3) is 0.500. The molecule has 2 rings (SSSR count). The first-order valence-electron chi connectivity index (χ1n) is 6.64. The number of benzene rings is 1. The molecule has 1 saturated heterocycles. The van der Waals surface area contributed by atoms with E-state index in [1.807, 2.05) is 0 Å². The first kappa shape index (κ1) is 17.1. The lowest BCUT2D eigenvalue weighted by molar-refractivity contribution is -0.251. The summed E-state index contributed by atoms with van der Waals surface area (Å²) in [6.07, 6.45) is -3.93. The quantitative estimate of drug-likeness (QED) is 0.921. The number of halogens is 4. The molecule has 1 amide bonds. The Morgan fingerprint density at radius 3 is 2.59 bits per heavy atom. The molecule has 22 heavy (non-hydrogen) atoms. The van der Waals surface area contributed by atoms with Crippen LogP contribution in [0.4, 0.5) is 13.2 Å². The predicted molar refractivity (Wildman–Crippen MR) is 73.7 cm³/mol. The molecule has 1 aliphatic rings. The first-order chi connectivity index (χ1) is 10.2. The van der Waals surface area contributed by atoms with Crippen LogP contribution in [-0.2, 0) is 15.7 Å². The molecule has 0 unspecified atom stereocenters. The number of carbonyl (C=O) groups excluding carboxylic acids is 1. The fourth-order valence-corrected chi connectivity index (χ4v) is 2.24. The van der Waals surface area contributed by atoms with Crippen LogP contribution < -0.4 is 5.32 Å². The van der Waals surface area contributed by atoms with E-state index in [0.717, 1.165) is 18.6 Å². The van der Waals surface area contributed by atoms with E-state index in [1.54, 1.807) is 6.92 Å². The Morgan fingerprint density at radius 1 is 1.36 bits per heavy atom. The van der Waals surface area contributed by atoms with Crippen molar-refractivity contribution >= 4 is 17.5 Å². The zero-order valence-electron chi connectivity index (χ0n) is 11.8. The van der Waals surface area contributed by atoms with Gasteiger partial charge in [-0.25, -0.2) is 0 Å². The molecular weight excluding hydrogens is 323 g/mol. The number of alkyl halides is 3. The van der Waals surface area contributed by atoms with Crippen molar-refractivity contribution in [1.29, 1.82) is 0 Å². The van der Waals surface area contributed by atoms with Crippen molar-refractivity contribution in [3.63, 3.8) is 0 Å². The van der Waals surface area contributed by atoms with Gasteiger partial charge in [0.2, 0.25) is 0 Å². The Hall–Kier alpha value is -1.31. The van der Waals surface area contributed by atoms with E-state index in [1.165, 1.54) is 6.07 Å². The third-order valence-electron chi connectivity index (χ3n) is 3.21. The van der Waals surface area contributed by atoms with Crippen LogP contribution in [0.3, 0.4) is 0 Å². The van der Waals surface area contributed by atoms with Gasteiger partial charge in [-0.3, -0.25) is 4.79 Å². The van der Waals surface area contributed by atoms with Crippen LogP contribution in [0.15, 0.2) is 18.2 Å². The molecule has 4 nitrogen and oxygen atoms in total. The van der Waals surface area contributed by atoms with Crippen molar-refractivity contribution in [3.05, 3.63) is 34.3 Å².